The van der Waals surface area contributed by atoms with Gasteiger partial charge in [-0.15, -0.1) is 0 Å². The fourth-order valence-corrected chi connectivity index (χ4v) is 0. The van der Waals surface area contributed by atoms with E-state index in [4.69, 9.17) is 0 Å². The Labute approximate surface area is 63.6 Å². The maximum absolute atomic E-state index is 4.08. The third-order valence-corrected chi connectivity index (χ3v) is 0. The Morgan fingerprint density at radius 1 is 1.00 bits per heavy atom. The average molecular weight is 291 g/mol. The molecule has 0 rings (SSSR count). The molecule has 0 aromatic rings. The van der Waals surface area contributed by atoms with E-state index in [2.05, 4.69) is 12.6 Å². The van der Waals surface area contributed by atoms with Crippen LogP contribution >= 0.6 is 0 Å². The van der Waals surface area contributed by atoms with Gasteiger partial charge in [0.1, 0.15) is 0 Å². The molecule has 0 N–H and O–H groups in total. The first-order valence-electron chi connectivity index (χ1n) is 0.408. The molecule has 0 saturated heterocycles. The predicted molar refractivity (Wildman–Crippen MR) is 33.2 cm³/mol. The van der Waals surface area contributed by atoms with E-state index in [1.54, 1.807) is 6.26 Å². The minimum absolute atomic E-state index is 0. The van der Waals surface area contributed by atoms with E-state index >= 15 is 0 Å². The zero-order chi connectivity index (χ0) is 2.00. The standard InChI is InChI=1S/CH4S.2CH4.CH3.Au/c1-2;;;;/h2H,1H3;2*1H4;1H3;/q;;;-1;/p-1. The van der Waals surface area contributed by atoms with Crippen LogP contribution in [0.3, 0.4) is 0 Å². The van der Waals surface area contributed by atoms with Gasteiger partial charge >= 0.3 is 0 Å². The van der Waals surface area contributed by atoms with E-state index in [1.807, 2.05) is 0 Å². The zero-order valence-electron chi connectivity index (χ0n) is 2.71. The molecule has 0 aliphatic carbocycles. The van der Waals surface area contributed by atoms with Crippen molar-refractivity contribution in [2.45, 2.75) is 14.9 Å². The summed E-state index contributed by atoms with van der Waals surface area (Å²) in [7, 11) is 0. The second-order valence-corrected chi connectivity index (χ2v) is 0. The first-order chi connectivity index (χ1) is 1.00. The zero-order valence-corrected chi connectivity index (χ0v) is 5.69. The molecule has 0 saturated carbocycles. The Bertz CT molecular complexity index is 7.51. The van der Waals surface area contributed by atoms with Crippen molar-refractivity contribution in [3.05, 3.63) is 7.43 Å². The van der Waals surface area contributed by atoms with Crippen LogP contribution in [0.4, 0.5) is 0 Å². The Morgan fingerprint density at radius 2 is 1.00 bits per heavy atom. The summed E-state index contributed by atoms with van der Waals surface area (Å²) in [6.45, 7) is 0. The van der Waals surface area contributed by atoms with Gasteiger partial charge in [-0.05, 0) is 0 Å². The molecule has 0 bridgehead atoms. The molecule has 49 valence electrons. The van der Waals surface area contributed by atoms with Crippen LogP contribution in [0, 0.1) is 7.43 Å². The van der Waals surface area contributed by atoms with Crippen molar-refractivity contribution >= 4 is 12.6 Å². The molecule has 6 heavy (non-hydrogen) atoms. The fourth-order valence-electron chi connectivity index (χ4n) is 0. The van der Waals surface area contributed by atoms with Gasteiger partial charge in [-0.3, -0.25) is 0 Å². The van der Waals surface area contributed by atoms with Crippen LogP contribution in [0.5, 0.6) is 0 Å². The van der Waals surface area contributed by atoms with E-state index in [9.17, 15) is 0 Å². The Balaban J connectivity index is -0.000000000833. The summed E-state index contributed by atoms with van der Waals surface area (Å²) in [6.07, 6.45) is 1.58. The van der Waals surface area contributed by atoms with Crippen LogP contribution in [0.1, 0.15) is 14.9 Å². The number of rotatable bonds is 0. The van der Waals surface area contributed by atoms with Crippen molar-refractivity contribution < 1.29 is 22.4 Å². The number of hydrogen-bond donors (Lipinski definition) is 0. The van der Waals surface area contributed by atoms with Crippen LogP contribution in [0.2, 0.25) is 0 Å². The summed E-state index contributed by atoms with van der Waals surface area (Å²) in [5, 5.41) is 0. The van der Waals surface area contributed by atoms with Gasteiger partial charge < -0.3 is 20.1 Å². The van der Waals surface area contributed by atoms with E-state index < -0.39 is 0 Å². The Kier molecular flexibility index (Phi) is 1330. The molecule has 0 unspecified atom stereocenters. The van der Waals surface area contributed by atoms with Crippen LogP contribution in [0.15, 0.2) is 0 Å². The summed E-state index contributed by atoms with van der Waals surface area (Å²) < 4.78 is 0. The van der Waals surface area contributed by atoms with E-state index in [0.717, 1.165) is 0 Å². The molecule has 0 amide bonds. The largest absolute Gasteiger partial charge is 0.796 e. The van der Waals surface area contributed by atoms with Crippen molar-refractivity contribution in [3.8, 4) is 0 Å². The van der Waals surface area contributed by atoms with E-state index in [-0.39, 0.29) is 44.7 Å². The summed E-state index contributed by atoms with van der Waals surface area (Å²) in [5.74, 6) is 0. The Morgan fingerprint density at radius 3 is 1.00 bits per heavy atom. The third kappa shape index (κ3) is 71.6. The maximum Gasteiger partial charge on any atom is 0 e. The normalized spacial score (nSPS) is 1.00. The first-order valence-corrected chi connectivity index (χ1v) is 1.22. The van der Waals surface area contributed by atoms with Crippen LogP contribution in [-0.2, 0) is 35.0 Å². The van der Waals surface area contributed by atoms with Gasteiger partial charge in [0, 0.05) is 22.4 Å². The van der Waals surface area contributed by atoms with Crippen molar-refractivity contribution in [2.75, 3.05) is 6.26 Å². The summed E-state index contributed by atoms with van der Waals surface area (Å²) in [4.78, 5) is 0. The summed E-state index contributed by atoms with van der Waals surface area (Å²) >= 11 is 4.08. The monoisotopic (exact) mass is 291 g/mol. The van der Waals surface area contributed by atoms with Gasteiger partial charge in [-0.25, -0.2) is 0 Å². The second-order valence-electron chi connectivity index (χ2n) is 0. The summed E-state index contributed by atoms with van der Waals surface area (Å²) in [5.41, 5.74) is 0. The van der Waals surface area contributed by atoms with E-state index in [1.165, 1.54) is 0 Å². The first kappa shape index (κ1) is 60.2. The molecule has 0 aliphatic heterocycles. The van der Waals surface area contributed by atoms with Gasteiger partial charge in [0.15, 0.2) is 0 Å². The van der Waals surface area contributed by atoms with Gasteiger partial charge in [0.2, 0.25) is 0 Å². The molecule has 0 aromatic heterocycles. The molecule has 0 atom stereocenters. The van der Waals surface area contributed by atoms with Gasteiger partial charge in [0.25, 0.3) is 0 Å². The average Bonchev–Trinajstić information content (AvgIpc) is 1.00. The van der Waals surface area contributed by atoms with Crippen molar-refractivity contribution in [2.24, 2.45) is 0 Å². The Hall–Kier alpha value is 1.09. The fraction of sp³-hybridized carbons (Fsp3) is 0.750. The molecule has 1 radical (unpaired) electrons. The van der Waals surface area contributed by atoms with Crippen LogP contribution in [-0.4, -0.2) is 6.26 Å². The topological polar surface area (TPSA) is 0 Å². The molecule has 0 aromatic carbocycles. The SMILES string of the molecule is C.C.C[S-].[Au].[CH3-]. The van der Waals surface area contributed by atoms with Crippen LogP contribution < -0.4 is 0 Å². The van der Waals surface area contributed by atoms with Gasteiger partial charge in [-0.2, -0.15) is 6.26 Å². The van der Waals surface area contributed by atoms with Gasteiger partial charge in [-0.1, -0.05) is 14.9 Å². The third-order valence-electron chi connectivity index (χ3n) is 0. The second kappa shape index (κ2) is 133. The predicted octanol–water partition coefficient (Wildman–Crippen LogP) is 1.88. The van der Waals surface area contributed by atoms with Crippen molar-refractivity contribution in [1.29, 1.82) is 0 Å². The maximum atomic E-state index is 4.08. The van der Waals surface area contributed by atoms with Crippen molar-refractivity contribution in [3.63, 3.8) is 0 Å². The molecule has 0 aliphatic rings. The van der Waals surface area contributed by atoms with Crippen molar-refractivity contribution in [1.82, 2.24) is 0 Å². The molecule has 0 heterocycles. The molecule has 0 nitrogen and oxygen atoms in total. The summed E-state index contributed by atoms with van der Waals surface area (Å²) in [6, 6.07) is 0. The minimum Gasteiger partial charge on any atom is -0.796 e. The molecule has 0 fully saturated rings. The molecule has 2 heteroatoms. The molecular formula is C4H14AuS-2. The quantitative estimate of drug-likeness (QED) is 0.373. The van der Waals surface area contributed by atoms with Gasteiger partial charge in [0.05, 0.1) is 0 Å². The van der Waals surface area contributed by atoms with Crippen LogP contribution in [0.25, 0.3) is 0 Å². The van der Waals surface area contributed by atoms with E-state index in [0.29, 0.717) is 0 Å². The number of hydrogen-bond acceptors (Lipinski definition) is 1. The molecular weight excluding hydrogens is 277 g/mol. The smallest absolute Gasteiger partial charge is 0 e. The minimum atomic E-state index is 0. The molecule has 0 spiro atoms.